The number of allylic oxidation sites excluding steroid dienone is 1. The summed E-state index contributed by atoms with van der Waals surface area (Å²) in [5.41, 5.74) is 2.34. The van der Waals surface area contributed by atoms with Gasteiger partial charge in [-0.15, -0.1) is 0 Å². The van der Waals surface area contributed by atoms with Crippen molar-refractivity contribution in [2.45, 2.75) is 55.3 Å². The van der Waals surface area contributed by atoms with Crippen LogP contribution in [0.1, 0.15) is 55.0 Å². The molecule has 0 aliphatic heterocycles. The molecule has 0 atom stereocenters. The van der Waals surface area contributed by atoms with Gasteiger partial charge < -0.3 is 9.47 Å². The van der Waals surface area contributed by atoms with Gasteiger partial charge in [-0.3, -0.25) is 0 Å². The number of benzene rings is 1. The minimum absolute atomic E-state index is 0. The Bertz CT molecular complexity index is 296. The van der Waals surface area contributed by atoms with Crippen LogP contribution in [0.3, 0.4) is 0 Å². The summed E-state index contributed by atoms with van der Waals surface area (Å²) in [5, 5.41) is 0. The third kappa shape index (κ3) is 14.9. The molecule has 0 aliphatic carbocycles. The summed E-state index contributed by atoms with van der Waals surface area (Å²) in [4.78, 5) is 0. The van der Waals surface area contributed by atoms with E-state index in [0.29, 0.717) is 0 Å². The highest BCUT2D eigenvalue weighted by molar-refractivity contribution is 5.60. The molecule has 20 heavy (non-hydrogen) atoms. The number of rotatable bonds is 3. The lowest BCUT2D eigenvalue weighted by Gasteiger charge is -2.19. The van der Waals surface area contributed by atoms with Gasteiger partial charge >= 0.3 is 0 Å². The van der Waals surface area contributed by atoms with Gasteiger partial charge in [0.25, 0.3) is 0 Å². The van der Waals surface area contributed by atoms with Crippen molar-refractivity contribution >= 4 is 5.57 Å². The monoisotopic (exact) mass is 284 g/mol. The molecule has 0 N–H and O–H groups in total. The van der Waals surface area contributed by atoms with E-state index in [1.807, 2.05) is 52.8 Å². The molecule has 120 valence electrons. The van der Waals surface area contributed by atoms with Crippen molar-refractivity contribution in [3.63, 3.8) is 0 Å². The summed E-state index contributed by atoms with van der Waals surface area (Å²) in [6.07, 6.45) is 0. The fourth-order valence-electron chi connectivity index (χ4n) is 0.806. The third-order valence-corrected chi connectivity index (χ3v) is 2.25. The first-order chi connectivity index (χ1) is 8.43. The van der Waals surface area contributed by atoms with E-state index in [1.165, 1.54) is 5.56 Å². The predicted octanol–water partition coefficient (Wildman–Crippen LogP) is 6.03. The van der Waals surface area contributed by atoms with Crippen molar-refractivity contribution in [1.82, 2.24) is 0 Å². The Labute approximate surface area is 127 Å². The van der Waals surface area contributed by atoms with Crippen molar-refractivity contribution in [3.05, 3.63) is 42.5 Å². The Hall–Kier alpha value is -1.12. The average molecular weight is 284 g/mol. The van der Waals surface area contributed by atoms with Crippen LogP contribution in [0.4, 0.5) is 0 Å². The van der Waals surface area contributed by atoms with E-state index in [-0.39, 0.29) is 14.9 Å². The number of methoxy groups -OCH3 is 2. The van der Waals surface area contributed by atoms with Crippen molar-refractivity contribution in [2.24, 2.45) is 0 Å². The molecular weight excluding hydrogens is 248 g/mol. The van der Waals surface area contributed by atoms with E-state index in [9.17, 15) is 0 Å². The molecular formula is C18H36O2. The van der Waals surface area contributed by atoms with Gasteiger partial charge in [0.15, 0.2) is 5.79 Å². The fourth-order valence-corrected chi connectivity index (χ4v) is 0.806. The van der Waals surface area contributed by atoms with Gasteiger partial charge in [-0.25, -0.2) is 0 Å². The Balaban J connectivity index is -0.000000107. The molecule has 1 aromatic rings. The quantitative estimate of drug-likeness (QED) is 0.630. The zero-order chi connectivity index (χ0) is 14.6. The molecule has 0 aromatic heterocycles. The van der Waals surface area contributed by atoms with Gasteiger partial charge in [0, 0.05) is 14.2 Å². The van der Waals surface area contributed by atoms with Crippen LogP contribution in [0.15, 0.2) is 36.9 Å². The molecule has 1 rings (SSSR count). The van der Waals surface area contributed by atoms with Crippen molar-refractivity contribution in [2.75, 3.05) is 14.2 Å². The Morgan fingerprint density at radius 1 is 0.950 bits per heavy atom. The number of hydrogen-bond acceptors (Lipinski definition) is 2. The van der Waals surface area contributed by atoms with Crippen molar-refractivity contribution in [3.8, 4) is 0 Å². The second-order valence-electron chi connectivity index (χ2n) is 3.95. The van der Waals surface area contributed by atoms with Crippen LogP contribution < -0.4 is 0 Å². The van der Waals surface area contributed by atoms with Crippen LogP contribution in [0.25, 0.3) is 5.57 Å². The first-order valence-electron chi connectivity index (χ1n) is 6.24. The van der Waals surface area contributed by atoms with E-state index in [1.54, 1.807) is 14.2 Å². The lowest BCUT2D eigenvalue weighted by molar-refractivity contribution is -0.178. The summed E-state index contributed by atoms with van der Waals surface area (Å²) in [5.74, 6) is -0.417. The molecule has 0 radical (unpaired) electrons. The van der Waals surface area contributed by atoms with Gasteiger partial charge in [0.1, 0.15) is 0 Å². The molecule has 2 heteroatoms. The maximum atomic E-state index is 4.86. The molecule has 0 fully saturated rings. The van der Waals surface area contributed by atoms with Crippen molar-refractivity contribution < 1.29 is 9.47 Å². The van der Waals surface area contributed by atoms with Crippen molar-refractivity contribution in [1.29, 1.82) is 0 Å². The van der Waals surface area contributed by atoms with Crippen LogP contribution >= 0.6 is 0 Å². The maximum Gasteiger partial charge on any atom is 0.161 e. The molecule has 0 heterocycles. The normalized spacial score (nSPS) is 8.55. The molecule has 0 spiro atoms. The summed E-state index contributed by atoms with van der Waals surface area (Å²) < 4.78 is 9.73. The minimum atomic E-state index is -0.417. The third-order valence-electron chi connectivity index (χ3n) is 2.25. The number of hydrogen-bond donors (Lipinski definition) is 0. The van der Waals surface area contributed by atoms with E-state index in [2.05, 4.69) is 18.7 Å². The van der Waals surface area contributed by atoms with E-state index < -0.39 is 5.79 Å². The topological polar surface area (TPSA) is 18.5 Å². The zero-order valence-electron chi connectivity index (χ0n) is 12.9. The molecule has 0 unspecified atom stereocenters. The van der Waals surface area contributed by atoms with Crippen LogP contribution in [0, 0.1) is 0 Å². The molecule has 0 amide bonds. The van der Waals surface area contributed by atoms with E-state index in [4.69, 9.17) is 9.47 Å². The molecule has 0 saturated carbocycles. The SMILES string of the molecule is C.C.C=C(C)c1ccccc1.CC.COC(C)(C)OC. The minimum Gasteiger partial charge on any atom is -0.354 e. The Kier molecular flexibility index (Phi) is 21.7. The fraction of sp³-hybridized carbons (Fsp3) is 0.556. The van der Waals surface area contributed by atoms with Gasteiger partial charge in [0.05, 0.1) is 0 Å². The predicted molar refractivity (Wildman–Crippen MR) is 94.1 cm³/mol. The smallest absolute Gasteiger partial charge is 0.161 e. The summed E-state index contributed by atoms with van der Waals surface area (Å²) in [7, 11) is 3.23. The molecule has 0 aliphatic rings. The lowest BCUT2D eigenvalue weighted by Crippen LogP contribution is -2.24. The first kappa shape index (κ1) is 27.3. The van der Waals surface area contributed by atoms with Crippen LogP contribution in [0.2, 0.25) is 0 Å². The van der Waals surface area contributed by atoms with Crippen LogP contribution in [0.5, 0.6) is 0 Å². The van der Waals surface area contributed by atoms with Gasteiger partial charge in [0.2, 0.25) is 0 Å². The van der Waals surface area contributed by atoms with Crippen LogP contribution in [-0.2, 0) is 9.47 Å². The van der Waals surface area contributed by atoms with E-state index >= 15 is 0 Å². The highest BCUT2D eigenvalue weighted by Gasteiger charge is 2.11. The molecule has 1 aromatic carbocycles. The van der Waals surface area contributed by atoms with Gasteiger partial charge in [-0.2, -0.15) is 0 Å². The van der Waals surface area contributed by atoms with Gasteiger partial charge in [-0.1, -0.05) is 71.2 Å². The lowest BCUT2D eigenvalue weighted by atomic mass is 10.1. The summed E-state index contributed by atoms with van der Waals surface area (Å²) in [6.45, 7) is 13.5. The summed E-state index contributed by atoms with van der Waals surface area (Å²) >= 11 is 0. The Morgan fingerprint density at radius 2 is 1.30 bits per heavy atom. The zero-order valence-corrected chi connectivity index (χ0v) is 12.9. The maximum absolute atomic E-state index is 4.86. The van der Waals surface area contributed by atoms with Crippen LogP contribution in [-0.4, -0.2) is 20.0 Å². The summed E-state index contributed by atoms with van der Waals surface area (Å²) in [6, 6.07) is 10.2. The van der Waals surface area contributed by atoms with E-state index in [0.717, 1.165) is 5.57 Å². The van der Waals surface area contributed by atoms with Gasteiger partial charge in [-0.05, 0) is 26.3 Å². The highest BCUT2D eigenvalue weighted by atomic mass is 16.7. The second kappa shape index (κ2) is 15.9. The Morgan fingerprint density at radius 3 is 1.45 bits per heavy atom. The molecule has 0 bridgehead atoms. The highest BCUT2D eigenvalue weighted by Crippen LogP contribution is 2.08. The average Bonchev–Trinajstić information content (AvgIpc) is 2.42. The number of ether oxygens (including phenoxy) is 2. The second-order valence-corrected chi connectivity index (χ2v) is 3.95. The largest absolute Gasteiger partial charge is 0.354 e. The molecule has 2 nitrogen and oxygen atoms in total. The first-order valence-corrected chi connectivity index (χ1v) is 6.24. The molecule has 0 saturated heterocycles. The standard InChI is InChI=1S/C9H10.C5H12O2.C2H6.2CH4/c1-8(2)9-6-4-3-5-7-9;1-5(2,6-3)7-4;1-2;;/h3-7H,1H2,2H3;1-4H3;1-2H3;2*1H4.